The zero-order valence-electron chi connectivity index (χ0n) is 7.96. The Hall–Kier alpha value is -0.280. The van der Waals surface area contributed by atoms with Gasteiger partial charge in [0.1, 0.15) is 0 Å². The first kappa shape index (κ1) is 10.8. The van der Waals surface area contributed by atoms with E-state index in [0.717, 1.165) is 11.6 Å². The molecule has 0 spiro atoms. The highest BCUT2D eigenvalue weighted by molar-refractivity contribution is 7.13. The minimum atomic E-state index is 0.341. The van der Waals surface area contributed by atoms with Gasteiger partial charge in [0.15, 0.2) is 5.13 Å². The molecule has 1 aromatic rings. The van der Waals surface area contributed by atoms with E-state index in [0.29, 0.717) is 17.8 Å². The van der Waals surface area contributed by atoms with Crippen molar-refractivity contribution in [3.8, 4) is 0 Å². The summed E-state index contributed by atoms with van der Waals surface area (Å²) in [6.45, 7) is 4.39. The maximum Gasteiger partial charge on any atom is 0.182 e. The lowest BCUT2D eigenvalue weighted by Gasteiger charge is -2.16. The number of nitrogens with one attached hydrogen (secondary N) is 1. The molecule has 2 nitrogen and oxygen atoms in total. The van der Waals surface area contributed by atoms with Gasteiger partial charge < -0.3 is 5.32 Å². The predicted molar refractivity (Wildman–Crippen MR) is 59.7 cm³/mol. The molecule has 4 heteroatoms. The van der Waals surface area contributed by atoms with Gasteiger partial charge in [-0.3, -0.25) is 0 Å². The number of hydrogen-bond acceptors (Lipinski definition) is 3. The average Bonchev–Trinajstić information content (AvgIpc) is 2.55. The van der Waals surface area contributed by atoms with E-state index >= 15 is 0 Å². The lowest BCUT2D eigenvalue weighted by atomic mass is 10.1. The minimum absolute atomic E-state index is 0.341. The Kier molecular flexibility index (Phi) is 4.53. The summed E-state index contributed by atoms with van der Waals surface area (Å²) in [6.07, 6.45) is 2.89. The summed E-state index contributed by atoms with van der Waals surface area (Å²) in [4.78, 5) is 4.16. The molecular weight excluding hydrogens is 204 g/mol. The molecule has 1 atom stereocenters. The summed E-state index contributed by atoms with van der Waals surface area (Å²) in [5.74, 6) is 1.30. The molecule has 0 aliphatic rings. The summed E-state index contributed by atoms with van der Waals surface area (Å²) < 4.78 is 0. The summed E-state index contributed by atoms with van der Waals surface area (Å²) in [6, 6.07) is 0.341. The first-order chi connectivity index (χ1) is 6.22. The smallest absolute Gasteiger partial charge is 0.182 e. The number of hydrogen-bond donors (Lipinski definition) is 1. The van der Waals surface area contributed by atoms with Crippen LogP contribution in [0.3, 0.4) is 0 Å². The number of alkyl halides is 1. The van der Waals surface area contributed by atoms with Crippen molar-refractivity contribution < 1.29 is 0 Å². The van der Waals surface area contributed by atoms with Crippen molar-refractivity contribution in [2.45, 2.75) is 26.3 Å². The predicted octanol–water partition coefficient (Wildman–Crippen LogP) is 3.21. The first-order valence-electron chi connectivity index (χ1n) is 4.44. The summed E-state index contributed by atoms with van der Waals surface area (Å²) in [5.41, 5.74) is 0. The van der Waals surface area contributed by atoms with Gasteiger partial charge >= 0.3 is 0 Å². The van der Waals surface area contributed by atoms with Crippen LogP contribution in [0.5, 0.6) is 0 Å². The van der Waals surface area contributed by atoms with Crippen molar-refractivity contribution in [2.75, 3.05) is 11.2 Å². The molecule has 1 N–H and O–H groups in total. The SMILES string of the molecule is CC(C)CC(CCl)Nc1nccs1. The summed E-state index contributed by atoms with van der Waals surface area (Å²) in [5, 5.41) is 6.24. The van der Waals surface area contributed by atoms with Crippen LogP contribution < -0.4 is 5.32 Å². The molecule has 1 aromatic heterocycles. The Balaban J connectivity index is 2.40. The quantitative estimate of drug-likeness (QED) is 0.768. The number of anilines is 1. The molecule has 0 saturated heterocycles. The standard InChI is InChI=1S/C9H15ClN2S/c1-7(2)5-8(6-10)12-9-11-3-4-13-9/h3-4,7-8H,5-6H2,1-2H3,(H,11,12). The van der Waals surface area contributed by atoms with Crippen molar-refractivity contribution in [2.24, 2.45) is 5.92 Å². The van der Waals surface area contributed by atoms with Crippen molar-refractivity contribution >= 4 is 28.1 Å². The number of thiazole rings is 1. The van der Waals surface area contributed by atoms with Gasteiger partial charge in [-0.1, -0.05) is 13.8 Å². The molecule has 0 aliphatic heterocycles. The minimum Gasteiger partial charge on any atom is -0.358 e. The number of halogens is 1. The Labute approximate surface area is 88.3 Å². The highest BCUT2D eigenvalue weighted by Gasteiger charge is 2.09. The number of aromatic nitrogens is 1. The highest BCUT2D eigenvalue weighted by atomic mass is 35.5. The van der Waals surface area contributed by atoms with Crippen LogP contribution >= 0.6 is 22.9 Å². The molecule has 0 fully saturated rings. The molecule has 74 valence electrons. The van der Waals surface area contributed by atoms with Gasteiger partial charge in [-0.15, -0.1) is 22.9 Å². The van der Waals surface area contributed by atoms with Crippen LogP contribution in [0.2, 0.25) is 0 Å². The van der Waals surface area contributed by atoms with Crippen LogP contribution in [0, 0.1) is 5.92 Å². The highest BCUT2D eigenvalue weighted by Crippen LogP contribution is 2.16. The van der Waals surface area contributed by atoms with E-state index in [1.54, 1.807) is 17.5 Å². The third kappa shape index (κ3) is 3.96. The fourth-order valence-electron chi connectivity index (χ4n) is 1.20. The first-order valence-corrected chi connectivity index (χ1v) is 5.85. The van der Waals surface area contributed by atoms with E-state index in [9.17, 15) is 0 Å². The Bertz CT molecular complexity index is 224. The average molecular weight is 219 g/mol. The van der Waals surface area contributed by atoms with Crippen molar-refractivity contribution in [3.05, 3.63) is 11.6 Å². The van der Waals surface area contributed by atoms with E-state index in [1.807, 2.05) is 5.38 Å². The molecule has 0 radical (unpaired) electrons. The molecule has 1 heterocycles. The van der Waals surface area contributed by atoms with Gasteiger partial charge in [-0.2, -0.15) is 0 Å². The molecule has 0 saturated carbocycles. The third-order valence-corrected chi connectivity index (χ3v) is 2.78. The molecular formula is C9H15ClN2S. The normalized spacial score (nSPS) is 13.2. The third-order valence-electron chi connectivity index (χ3n) is 1.70. The largest absolute Gasteiger partial charge is 0.358 e. The van der Waals surface area contributed by atoms with Gasteiger partial charge in [0, 0.05) is 23.5 Å². The fraction of sp³-hybridized carbons (Fsp3) is 0.667. The van der Waals surface area contributed by atoms with Crippen LogP contribution in [0.15, 0.2) is 11.6 Å². The topological polar surface area (TPSA) is 24.9 Å². The van der Waals surface area contributed by atoms with Crippen LogP contribution in [0.4, 0.5) is 5.13 Å². The second kappa shape index (κ2) is 5.45. The Morgan fingerprint density at radius 3 is 2.85 bits per heavy atom. The van der Waals surface area contributed by atoms with E-state index < -0.39 is 0 Å². The van der Waals surface area contributed by atoms with E-state index in [-0.39, 0.29) is 0 Å². The molecule has 0 aliphatic carbocycles. The van der Waals surface area contributed by atoms with Gasteiger partial charge in [0.25, 0.3) is 0 Å². The van der Waals surface area contributed by atoms with Gasteiger partial charge in [0.2, 0.25) is 0 Å². The number of nitrogens with zero attached hydrogens (tertiary/aromatic N) is 1. The van der Waals surface area contributed by atoms with E-state index in [2.05, 4.69) is 24.1 Å². The summed E-state index contributed by atoms with van der Waals surface area (Å²) in [7, 11) is 0. The second-order valence-corrected chi connectivity index (χ2v) is 4.67. The van der Waals surface area contributed by atoms with Crippen LogP contribution in [-0.4, -0.2) is 16.9 Å². The maximum atomic E-state index is 5.84. The maximum absolute atomic E-state index is 5.84. The van der Waals surface area contributed by atoms with E-state index in [1.165, 1.54) is 0 Å². The molecule has 13 heavy (non-hydrogen) atoms. The van der Waals surface area contributed by atoms with Gasteiger partial charge in [-0.05, 0) is 12.3 Å². The Morgan fingerprint density at radius 2 is 2.38 bits per heavy atom. The lowest BCUT2D eigenvalue weighted by Crippen LogP contribution is -2.23. The molecule has 0 bridgehead atoms. The summed E-state index contributed by atoms with van der Waals surface area (Å²) >= 11 is 7.46. The fourth-order valence-corrected chi connectivity index (χ4v) is 2.01. The van der Waals surface area contributed by atoms with Crippen molar-refractivity contribution in [3.63, 3.8) is 0 Å². The van der Waals surface area contributed by atoms with E-state index in [4.69, 9.17) is 11.6 Å². The van der Waals surface area contributed by atoms with Crippen LogP contribution in [0.25, 0.3) is 0 Å². The molecule has 0 aromatic carbocycles. The van der Waals surface area contributed by atoms with Crippen molar-refractivity contribution in [1.29, 1.82) is 0 Å². The van der Waals surface area contributed by atoms with Gasteiger partial charge in [0.05, 0.1) is 0 Å². The van der Waals surface area contributed by atoms with Crippen LogP contribution in [0.1, 0.15) is 20.3 Å². The second-order valence-electron chi connectivity index (χ2n) is 3.46. The molecule has 1 unspecified atom stereocenters. The molecule has 0 amide bonds. The molecule has 1 rings (SSSR count). The van der Waals surface area contributed by atoms with Gasteiger partial charge in [-0.25, -0.2) is 4.98 Å². The zero-order valence-corrected chi connectivity index (χ0v) is 9.53. The van der Waals surface area contributed by atoms with Crippen molar-refractivity contribution in [1.82, 2.24) is 4.98 Å². The lowest BCUT2D eigenvalue weighted by molar-refractivity contribution is 0.542. The monoisotopic (exact) mass is 218 g/mol. The Morgan fingerprint density at radius 1 is 1.62 bits per heavy atom. The van der Waals surface area contributed by atoms with Crippen LogP contribution in [-0.2, 0) is 0 Å². The number of rotatable bonds is 5. The zero-order chi connectivity index (χ0) is 9.68.